The zero-order valence-corrected chi connectivity index (χ0v) is 10.8. The fraction of sp³-hybridized carbons (Fsp3) is 0.357. The van der Waals surface area contributed by atoms with Crippen molar-refractivity contribution in [2.24, 2.45) is 5.92 Å². The summed E-state index contributed by atoms with van der Waals surface area (Å²) >= 11 is 0. The Kier molecular flexibility index (Phi) is 3.38. The molecule has 0 radical (unpaired) electrons. The van der Waals surface area contributed by atoms with Gasteiger partial charge >= 0.3 is 5.63 Å². The van der Waals surface area contributed by atoms with Crippen LogP contribution in [-0.4, -0.2) is 15.3 Å². The number of phenols is 2. The Balaban J connectivity index is 2.66. The Labute approximate surface area is 109 Å². The molecule has 0 fully saturated rings. The smallest absolute Gasteiger partial charge is 0.343 e. The SMILES string of the molecule is CC(C)CCc1c(O)c2c(O)c(O)ccc2oc1=O. The van der Waals surface area contributed by atoms with E-state index in [1.807, 2.05) is 13.8 Å². The van der Waals surface area contributed by atoms with E-state index in [1.165, 1.54) is 12.1 Å². The summed E-state index contributed by atoms with van der Waals surface area (Å²) in [5.41, 5.74) is -0.441. The second-order valence-corrected chi connectivity index (χ2v) is 4.96. The van der Waals surface area contributed by atoms with Crippen LogP contribution in [0, 0.1) is 5.92 Å². The second kappa shape index (κ2) is 4.84. The molecule has 5 heteroatoms. The van der Waals surface area contributed by atoms with E-state index in [0.717, 1.165) is 0 Å². The van der Waals surface area contributed by atoms with Gasteiger partial charge in [-0.1, -0.05) is 13.8 Å². The molecule has 0 bridgehead atoms. The van der Waals surface area contributed by atoms with Gasteiger partial charge in [-0.15, -0.1) is 0 Å². The Morgan fingerprint density at radius 2 is 1.84 bits per heavy atom. The van der Waals surface area contributed by atoms with Crippen LogP contribution < -0.4 is 5.63 Å². The predicted molar refractivity (Wildman–Crippen MR) is 70.6 cm³/mol. The molecule has 0 atom stereocenters. The lowest BCUT2D eigenvalue weighted by Crippen LogP contribution is -2.09. The van der Waals surface area contributed by atoms with Crippen LogP contribution in [0.5, 0.6) is 17.2 Å². The van der Waals surface area contributed by atoms with Crippen LogP contribution in [0.3, 0.4) is 0 Å². The minimum atomic E-state index is -0.615. The third-order valence-corrected chi connectivity index (χ3v) is 3.06. The van der Waals surface area contributed by atoms with Crippen molar-refractivity contribution in [2.45, 2.75) is 26.7 Å². The maximum absolute atomic E-state index is 11.8. The number of aromatic hydroxyl groups is 3. The summed E-state index contributed by atoms with van der Waals surface area (Å²) in [4.78, 5) is 11.8. The third-order valence-electron chi connectivity index (χ3n) is 3.06. The van der Waals surface area contributed by atoms with Gasteiger partial charge in [0.05, 0.1) is 5.56 Å². The van der Waals surface area contributed by atoms with Crippen molar-refractivity contribution in [2.75, 3.05) is 0 Å². The van der Waals surface area contributed by atoms with Gasteiger partial charge in [-0.25, -0.2) is 4.79 Å². The lowest BCUT2D eigenvalue weighted by molar-refractivity contribution is 0.401. The summed E-state index contributed by atoms with van der Waals surface area (Å²) in [7, 11) is 0. The lowest BCUT2D eigenvalue weighted by Gasteiger charge is -2.09. The van der Waals surface area contributed by atoms with Gasteiger partial charge in [0.2, 0.25) is 0 Å². The van der Waals surface area contributed by atoms with E-state index < -0.39 is 11.4 Å². The predicted octanol–water partition coefficient (Wildman–Crippen LogP) is 2.50. The molecule has 0 aliphatic carbocycles. The number of hydrogen-bond donors (Lipinski definition) is 3. The summed E-state index contributed by atoms with van der Waals surface area (Å²) in [5, 5.41) is 29.3. The van der Waals surface area contributed by atoms with E-state index in [9.17, 15) is 20.1 Å². The summed E-state index contributed by atoms with van der Waals surface area (Å²) in [6.07, 6.45) is 1.07. The Morgan fingerprint density at radius 1 is 1.16 bits per heavy atom. The quantitative estimate of drug-likeness (QED) is 0.585. The molecule has 0 aliphatic heterocycles. The molecule has 0 saturated carbocycles. The van der Waals surface area contributed by atoms with Crippen molar-refractivity contribution in [3.63, 3.8) is 0 Å². The first kappa shape index (κ1) is 13.3. The fourth-order valence-electron chi connectivity index (χ4n) is 1.94. The molecule has 2 rings (SSSR count). The molecule has 102 valence electrons. The van der Waals surface area contributed by atoms with Crippen molar-refractivity contribution in [3.8, 4) is 17.2 Å². The topological polar surface area (TPSA) is 90.9 Å². The molecule has 1 heterocycles. The third kappa shape index (κ3) is 2.36. The van der Waals surface area contributed by atoms with E-state index in [1.54, 1.807) is 0 Å². The number of benzene rings is 1. The molecule has 0 aliphatic rings. The van der Waals surface area contributed by atoms with Crippen LogP contribution in [0.25, 0.3) is 11.0 Å². The van der Waals surface area contributed by atoms with Crippen molar-refractivity contribution in [1.82, 2.24) is 0 Å². The number of phenolic OH excluding ortho intramolecular Hbond substituents is 2. The average Bonchev–Trinajstić information content (AvgIpc) is 2.33. The van der Waals surface area contributed by atoms with Crippen LogP contribution in [0.4, 0.5) is 0 Å². The highest BCUT2D eigenvalue weighted by Crippen LogP contribution is 2.39. The minimum absolute atomic E-state index is 0.0293. The van der Waals surface area contributed by atoms with Crippen molar-refractivity contribution in [3.05, 3.63) is 28.1 Å². The lowest BCUT2D eigenvalue weighted by atomic mass is 10.0. The molecule has 2 aromatic rings. The summed E-state index contributed by atoms with van der Waals surface area (Å²) < 4.78 is 5.06. The Bertz CT molecular complexity index is 670. The largest absolute Gasteiger partial charge is 0.506 e. The molecule has 0 saturated heterocycles. The Morgan fingerprint density at radius 3 is 2.47 bits per heavy atom. The van der Waals surface area contributed by atoms with Gasteiger partial charge in [0.25, 0.3) is 0 Å². The van der Waals surface area contributed by atoms with Gasteiger partial charge in [-0.05, 0) is 30.9 Å². The van der Waals surface area contributed by atoms with Gasteiger partial charge in [-0.2, -0.15) is 0 Å². The van der Waals surface area contributed by atoms with E-state index in [0.29, 0.717) is 18.8 Å². The molecule has 1 aromatic heterocycles. The van der Waals surface area contributed by atoms with Gasteiger partial charge < -0.3 is 19.7 Å². The zero-order chi connectivity index (χ0) is 14.2. The van der Waals surface area contributed by atoms with Crippen LogP contribution in [0.2, 0.25) is 0 Å². The average molecular weight is 264 g/mol. The zero-order valence-electron chi connectivity index (χ0n) is 10.8. The first-order valence-corrected chi connectivity index (χ1v) is 6.11. The maximum Gasteiger partial charge on any atom is 0.343 e. The van der Waals surface area contributed by atoms with Gasteiger partial charge in [-0.3, -0.25) is 0 Å². The van der Waals surface area contributed by atoms with Gasteiger partial charge in [0, 0.05) is 0 Å². The summed E-state index contributed by atoms with van der Waals surface area (Å²) in [6, 6.07) is 2.53. The molecular weight excluding hydrogens is 248 g/mol. The highest BCUT2D eigenvalue weighted by Gasteiger charge is 2.18. The van der Waals surface area contributed by atoms with Crippen LogP contribution >= 0.6 is 0 Å². The molecule has 0 unspecified atom stereocenters. The Hall–Kier alpha value is -2.17. The number of hydrogen-bond acceptors (Lipinski definition) is 5. The molecule has 19 heavy (non-hydrogen) atoms. The first-order chi connectivity index (χ1) is 8.91. The molecular formula is C14H16O5. The molecule has 0 amide bonds. The fourth-order valence-corrected chi connectivity index (χ4v) is 1.94. The summed E-state index contributed by atoms with van der Waals surface area (Å²) in [6.45, 7) is 4.01. The highest BCUT2D eigenvalue weighted by molar-refractivity contribution is 5.92. The van der Waals surface area contributed by atoms with E-state index in [2.05, 4.69) is 0 Å². The molecule has 3 N–H and O–H groups in total. The van der Waals surface area contributed by atoms with E-state index in [-0.39, 0.29) is 28.0 Å². The van der Waals surface area contributed by atoms with Gasteiger partial charge in [0.1, 0.15) is 16.7 Å². The molecule has 0 spiro atoms. The minimum Gasteiger partial charge on any atom is -0.506 e. The van der Waals surface area contributed by atoms with Crippen molar-refractivity contribution >= 4 is 11.0 Å². The van der Waals surface area contributed by atoms with Crippen LogP contribution in [0.15, 0.2) is 21.3 Å². The summed E-state index contributed by atoms with van der Waals surface area (Å²) in [5.74, 6) is -0.802. The number of fused-ring (bicyclic) bond motifs is 1. The maximum atomic E-state index is 11.8. The van der Waals surface area contributed by atoms with E-state index >= 15 is 0 Å². The van der Waals surface area contributed by atoms with Crippen molar-refractivity contribution in [1.29, 1.82) is 0 Å². The molecule has 1 aromatic carbocycles. The van der Waals surface area contributed by atoms with E-state index in [4.69, 9.17) is 4.42 Å². The van der Waals surface area contributed by atoms with Crippen molar-refractivity contribution < 1.29 is 19.7 Å². The highest BCUT2D eigenvalue weighted by atomic mass is 16.4. The van der Waals surface area contributed by atoms with Crippen LogP contribution in [0.1, 0.15) is 25.8 Å². The van der Waals surface area contributed by atoms with Gasteiger partial charge in [0.15, 0.2) is 11.5 Å². The normalized spacial score (nSPS) is 11.3. The number of rotatable bonds is 3. The second-order valence-electron chi connectivity index (χ2n) is 4.96. The monoisotopic (exact) mass is 264 g/mol. The van der Waals surface area contributed by atoms with Crippen LogP contribution in [-0.2, 0) is 6.42 Å². The molecule has 5 nitrogen and oxygen atoms in total. The standard InChI is InChI=1S/C14H16O5/c1-7(2)3-4-8-12(16)11-10(19-14(8)18)6-5-9(15)13(11)17/h5-7,15-17H,3-4H2,1-2H3. The first-order valence-electron chi connectivity index (χ1n) is 6.11.